The van der Waals surface area contributed by atoms with E-state index < -0.39 is 18.3 Å². The Morgan fingerprint density at radius 3 is 2.68 bits per heavy atom. The maximum atomic E-state index is 12.4. The van der Waals surface area contributed by atoms with Gasteiger partial charge in [0.05, 0.1) is 18.3 Å². The summed E-state index contributed by atoms with van der Waals surface area (Å²) in [5.74, 6) is 0.733. The normalized spacial score (nSPS) is 46.9. The molecule has 3 aliphatic rings. The molecule has 4 heteroatoms. The Hall–Kier alpha value is -0.710. The zero-order chi connectivity index (χ0) is 13.6. The Kier molecular flexibility index (Phi) is 3.50. The fourth-order valence-corrected chi connectivity index (χ4v) is 3.74. The largest absolute Gasteiger partial charge is 0.390 e. The van der Waals surface area contributed by atoms with Crippen molar-refractivity contribution in [1.82, 2.24) is 0 Å². The lowest BCUT2D eigenvalue weighted by molar-refractivity contribution is -0.154. The Morgan fingerprint density at radius 2 is 2.00 bits per heavy atom. The molecule has 1 saturated carbocycles. The van der Waals surface area contributed by atoms with Gasteiger partial charge < -0.3 is 14.9 Å². The number of aliphatic hydroxyl groups excluding tert-OH is 2. The average molecular weight is 266 g/mol. The van der Waals surface area contributed by atoms with Crippen LogP contribution in [-0.2, 0) is 9.53 Å². The van der Waals surface area contributed by atoms with Crippen LogP contribution in [0.5, 0.6) is 0 Å². The molecule has 0 amide bonds. The number of hydrogen-bond acceptors (Lipinski definition) is 4. The second kappa shape index (κ2) is 5.00. The van der Waals surface area contributed by atoms with E-state index in [-0.39, 0.29) is 17.8 Å². The maximum Gasteiger partial charge on any atom is 0.164 e. The highest BCUT2D eigenvalue weighted by atomic mass is 16.5. The van der Waals surface area contributed by atoms with Crippen LogP contribution < -0.4 is 0 Å². The van der Waals surface area contributed by atoms with Crippen LogP contribution in [0.15, 0.2) is 11.6 Å². The van der Waals surface area contributed by atoms with Crippen molar-refractivity contribution in [2.45, 2.75) is 63.4 Å². The summed E-state index contributed by atoms with van der Waals surface area (Å²) in [7, 11) is 0. The minimum absolute atomic E-state index is 0.145. The molecule has 6 unspecified atom stereocenters. The summed E-state index contributed by atoms with van der Waals surface area (Å²) in [4.78, 5) is 12.4. The first-order valence-electron chi connectivity index (χ1n) is 7.35. The van der Waals surface area contributed by atoms with Crippen molar-refractivity contribution >= 4 is 5.78 Å². The number of carbonyl (C=O) groups is 1. The molecule has 3 rings (SSSR count). The number of carbonyl (C=O) groups excluding carboxylic acids is 1. The Balaban J connectivity index is 1.77. The molecule has 0 radical (unpaired) electrons. The van der Waals surface area contributed by atoms with E-state index >= 15 is 0 Å². The molecule has 19 heavy (non-hydrogen) atoms. The number of hydrogen-bond donors (Lipinski definition) is 2. The number of aliphatic hydroxyl groups is 2. The van der Waals surface area contributed by atoms with E-state index in [1.54, 1.807) is 6.92 Å². The van der Waals surface area contributed by atoms with Gasteiger partial charge in [0.15, 0.2) is 5.78 Å². The van der Waals surface area contributed by atoms with Gasteiger partial charge >= 0.3 is 0 Å². The van der Waals surface area contributed by atoms with Gasteiger partial charge in [-0.3, -0.25) is 4.79 Å². The summed E-state index contributed by atoms with van der Waals surface area (Å²) in [6, 6.07) is 0. The van der Waals surface area contributed by atoms with Crippen molar-refractivity contribution < 1.29 is 19.7 Å². The molecule has 2 N–H and O–H groups in total. The van der Waals surface area contributed by atoms with Crippen molar-refractivity contribution in [3.8, 4) is 0 Å². The van der Waals surface area contributed by atoms with Crippen molar-refractivity contribution in [3.63, 3.8) is 0 Å². The van der Waals surface area contributed by atoms with Crippen LogP contribution in [0.1, 0.15) is 39.0 Å². The third-order valence-corrected chi connectivity index (χ3v) is 4.89. The molecule has 1 heterocycles. The molecule has 0 aromatic rings. The average Bonchev–Trinajstić information content (AvgIpc) is 2.73. The first-order valence-corrected chi connectivity index (χ1v) is 7.35. The fourth-order valence-electron chi connectivity index (χ4n) is 3.74. The first kappa shape index (κ1) is 13.3. The summed E-state index contributed by atoms with van der Waals surface area (Å²) >= 11 is 0. The van der Waals surface area contributed by atoms with Crippen LogP contribution in [0, 0.1) is 11.8 Å². The highest BCUT2D eigenvalue weighted by Gasteiger charge is 2.43. The predicted molar refractivity (Wildman–Crippen MR) is 69.5 cm³/mol. The van der Waals surface area contributed by atoms with E-state index in [0.29, 0.717) is 12.3 Å². The monoisotopic (exact) mass is 266 g/mol. The SMILES string of the molecule is CC1OC(C2=CC3CCCCC3C2=O)CC(O)C1O. The summed E-state index contributed by atoms with van der Waals surface area (Å²) < 4.78 is 5.73. The van der Waals surface area contributed by atoms with Crippen LogP contribution in [0.2, 0.25) is 0 Å². The number of Topliss-reactive ketones (excluding diaryl/α,β-unsaturated/α-hetero) is 1. The molecule has 0 aromatic carbocycles. The van der Waals surface area contributed by atoms with Crippen molar-refractivity contribution in [2.75, 3.05) is 0 Å². The van der Waals surface area contributed by atoms with Gasteiger partial charge in [-0.15, -0.1) is 0 Å². The van der Waals surface area contributed by atoms with Crippen molar-refractivity contribution in [2.24, 2.45) is 11.8 Å². The molecule has 2 fully saturated rings. The second-order valence-electron chi connectivity index (χ2n) is 6.16. The number of allylic oxidation sites excluding steroid dienone is 1. The van der Waals surface area contributed by atoms with Gasteiger partial charge in [0.25, 0.3) is 0 Å². The van der Waals surface area contributed by atoms with Gasteiger partial charge in [0, 0.05) is 17.9 Å². The maximum absolute atomic E-state index is 12.4. The Morgan fingerprint density at radius 1 is 1.26 bits per heavy atom. The number of ketones is 1. The standard InChI is InChI=1S/C15H22O4/c1-8-14(17)12(16)7-13(19-8)11-6-9-4-2-3-5-10(9)15(11)18/h6,8-10,12-14,16-17H,2-5,7H2,1H3. The molecular weight excluding hydrogens is 244 g/mol. The molecule has 0 aromatic heterocycles. The smallest absolute Gasteiger partial charge is 0.164 e. The van der Waals surface area contributed by atoms with Crippen LogP contribution in [0.4, 0.5) is 0 Å². The van der Waals surface area contributed by atoms with Gasteiger partial charge in [0.2, 0.25) is 0 Å². The first-order chi connectivity index (χ1) is 9.08. The van der Waals surface area contributed by atoms with E-state index in [2.05, 4.69) is 6.08 Å². The quantitative estimate of drug-likeness (QED) is 0.748. The lowest BCUT2D eigenvalue weighted by Gasteiger charge is -2.36. The molecular formula is C15H22O4. The Bertz CT molecular complexity index is 391. The number of rotatable bonds is 1. The van der Waals surface area contributed by atoms with Gasteiger partial charge in [0.1, 0.15) is 6.10 Å². The van der Waals surface area contributed by atoms with E-state index in [9.17, 15) is 15.0 Å². The molecule has 4 nitrogen and oxygen atoms in total. The molecule has 1 aliphatic heterocycles. The molecule has 1 saturated heterocycles. The zero-order valence-corrected chi connectivity index (χ0v) is 11.3. The lowest BCUT2D eigenvalue weighted by atomic mass is 9.80. The van der Waals surface area contributed by atoms with Gasteiger partial charge in [-0.2, -0.15) is 0 Å². The van der Waals surface area contributed by atoms with Crippen LogP contribution >= 0.6 is 0 Å². The molecule has 6 atom stereocenters. The zero-order valence-electron chi connectivity index (χ0n) is 11.3. The second-order valence-corrected chi connectivity index (χ2v) is 6.16. The minimum Gasteiger partial charge on any atom is -0.390 e. The van der Waals surface area contributed by atoms with E-state index in [0.717, 1.165) is 24.8 Å². The molecule has 106 valence electrons. The predicted octanol–water partition coefficient (Wildman–Crippen LogP) is 1.20. The van der Waals surface area contributed by atoms with Gasteiger partial charge in [-0.05, 0) is 25.7 Å². The van der Waals surface area contributed by atoms with Crippen molar-refractivity contribution in [1.29, 1.82) is 0 Å². The highest BCUT2D eigenvalue weighted by Crippen LogP contribution is 2.41. The van der Waals surface area contributed by atoms with E-state index in [1.165, 1.54) is 6.42 Å². The molecule has 2 aliphatic carbocycles. The minimum atomic E-state index is -0.851. The Labute approximate surface area is 113 Å². The third kappa shape index (κ3) is 2.26. The van der Waals surface area contributed by atoms with Crippen molar-refractivity contribution in [3.05, 3.63) is 11.6 Å². The number of ether oxygens (including phenoxy) is 1. The highest BCUT2D eigenvalue weighted by molar-refractivity contribution is 6.01. The number of fused-ring (bicyclic) bond motifs is 1. The van der Waals surface area contributed by atoms with Gasteiger partial charge in [-0.1, -0.05) is 18.9 Å². The van der Waals surface area contributed by atoms with E-state index in [4.69, 9.17) is 4.74 Å². The topological polar surface area (TPSA) is 66.8 Å². The molecule has 0 spiro atoms. The van der Waals surface area contributed by atoms with Gasteiger partial charge in [-0.25, -0.2) is 0 Å². The third-order valence-electron chi connectivity index (χ3n) is 4.89. The van der Waals surface area contributed by atoms with Crippen LogP contribution in [-0.4, -0.2) is 40.4 Å². The van der Waals surface area contributed by atoms with Crippen LogP contribution in [0.25, 0.3) is 0 Å². The summed E-state index contributed by atoms with van der Waals surface area (Å²) in [5, 5.41) is 19.6. The summed E-state index contributed by atoms with van der Waals surface area (Å²) in [5.41, 5.74) is 0.745. The van der Waals surface area contributed by atoms with E-state index in [1.807, 2.05) is 0 Å². The summed E-state index contributed by atoms with van der Waals surface area (Å²) in [6.07, 6.45) is 4.39. The lowest BCUT2D eigenvalue weighted by Crippen LogP contribution is -2.47. The van der Waals surface area contributed by atoms with Crippen LogP contribution in [0.3, 0.4) is 0 Å². The molecule has 0 bridgehead atoms. The summed E-state index contributed by atoms with van der Waals surface area (Å²) in [6.45, 7) is 1.74. The fraction of sp³-hybridized carbons (Fsp3) is 0.800.